The molecule has 164 valence electrons. The van der Waals surface area contributed by atoms with Crippen molar-refractivity contribution in [3.63, 3.8) is 0 Å². The van der Waals surface area contributed by atoms with E-state index in [2.05, 4.69) is 15.4 Å². The summed E-state index contributed by atoms with van der Waals surface area (Å²) in [5.74, 6) is 0.110. The zero-order valence-corrected chi connectivity index (χ0v) is 18.6. The number of amides is 1. The number of hydrogen-bond acceptors (Lipinski definition) is 5. The topological polar surface area (TPSA) is 91.0 Å². The lowest BCUT2D eigenvalue weighted by atomic mass is 10.2. The summed E-state index contributed by atoms with van der Waals surface area (Å²) in [6, 6.07) is 12.1. The Hall–Kier alpha value is -3.36. The molecule has 0 bridgehead atoms. The average molecular weight is 472 g/mol. The predicted octanol–water partition coefficient (Wildman–Crippen LogP) is 3.39. The van der Waals surface area contributed by atoms with Crippen LogP contribution in [0, 0.1) is 0 Å². The first-order chi connectivity index (χ1) is 15.5. The van der Waals surface area contributed by atoms with E-state index in [0.29, 0.717) is 45.5 Å². The molecule has 0 saturated heterocycles. The van der Waals surface area contributed by atoms with Gasteiger partial charge in [0, 0.05) is 16.6 Å². The van der Waals surface area contributed by atoms with Crippen LogP contribution in [-0.2, 0) is 13.1 Å². The van der Waals surface area contributed by atoms with Crippen LogP contribution in [0.25, 0.3) is 11.0 Å². The Morgan fingerprint density at radius 3 is 2.62 bits per heavy atom. The molecule has 0 spiro atoms. The van der Waals surface area contributed by atoms with Crippen LogP contribution in [0.4, 0.5) is 0 Å². The molecule has 0 unspecified atom stereocenters. The van der Waals surface area contributed by atoms with Crippen LogP contribution in [0.5, 0.6) is 5.75 Å². The van der Waals surface area contributed by atoms with E-state index in [-0.39, 0.29) is 18.0 Å². The molecule has 4 rings (SSSR count). The summed E-state index contributed by atoms with van der Waals surface area (Å²) in [5, 5.41) is 8.55. The smallest absolute Gasteiger partial charge is 0.264 e. The number of halogens is 2. The van der Waals surface area contributed by atoms with Gasteiger partial charge in [-0.3, -0.25) is 14.2 Å². The number of rotatable bonds is 7. The maximum Gasteiger partial charge on any atom is 0.264 e. The molecule has 0 aliphatic rings. The van der Waals surface area contributed by atoms with Gasteiger partial charge in [0.15, 0.2) is 5.65 Å². The number of fused-ring (bicyclic) bond motifs is 1. The fourth-order valence-corrected chi connectivity index (χ4v) is 3.59. The molecule has 1 N–H and O–H groups in total. The van der Waals surface area contributed by atoms with Gasteiger partial charge in [0.25, 0.3) is 11.5 Å². The Balaban J connectivity index is 1.46. The van der Waals surface area contributed by atoms with E-state index in [1.165, 1.54) is 24.2 Å². The summed E-state index contributed by atoms with van der Waals surface area (Å²) in [5.41, 5.74) is 1.54. The number of benzene rings is 2. The fourth-order valence-electron chi connectivity index (χ4n) is 3.29. The zero-order chi connectivity index (χ0) is 22.7. The summed E-state index contributed by atoms with van der Waals surface area (Å²) >= 11 is 11.9. The van der Waals surface area contributed by atoms with Gasteiger partial charge >= 0.3 is 0 Å². The summed E-state index contributed by atoms with van der Waals surface area (Å²) in [6.45, 7) is 0.994. The van der Waals surface area contributed by atoms with Crippen LogP contribution in [0.2, 0.25) is 10.0 Å². The van der Waals surface area contributed by atoms with Gasteiger partial charge in [0.2, 0.25) is 0 Å². The fraction of sp³-hybridized carbons (Fsp3) is 0.182. The maximum absolute atomic E-state index is 12.8. The molecule has 10 heteroatoms. The van der Waals surface area contributed by atoms with Crippen LogP contribution < -0.4 is 15.6 Å². The molecule has 0 aliphatic heterocycles. The van der Waals surface area contributed by atoms with Crippen molar-refractivity contribution in [2.75, 3.05) is 13.7 Å². The third kappa shape index (κ3) is 4.61. The largest absolute Gasteiger partial charge is 0.496 e. The first-order valence-electron chi connectivity index (χ1n) is 9.73. The molecule has 2 heterocycles. The maximum atomic E-state index is 12.8. The molecule has 0 saturated carbocycles. The molecule has 0 radical (unpaired) electrons. The van der Waals surface area contributed by atoms with E-state index in [1.807, 2.05) is 12.1 Å². The quantitative estimate of drug-likeness (QED) is 0.446. The highest BCUT2D eigenvalue weighted by molar-refractivity contribution is 6.31. The van der Waals surface area contributed by atoms with Crippen LogP contribution in [0.15, 0.2) is 59.8 Å². The Morgan fingerprint density at radius 1 is 1.12 bits per heavy atom. The highest BCUT2D eigenvalue weighted by atomic mass is 35.5. The van der Waals surface area contributed by atoms with Crippen LogP contribution in [-0.4, -0.2) is 38.9 Å². The molecule has 4 aromatic rings. The minimum Gasteiger partial charge on any atom is -0.496 e. The number of methoxy groups -OCH3 is 1. The van der Waals surface area contributed by atoms with Crippen LogP contribution in [0.1, 0.15) is 15.9 Å². The third-order valence-corrected chi connectivity index (χ3v) is 5.39. The average Bonchev–Trinajstić information content (AvgIpc) is 3.20. The summed E-state index contributed by atoms with van der Waals surface area (Å²) < 4.78 is 8.31. The molecule has 2 aromatic heterocycles. The standard InChI is InChI=1S/C22H19Cl2N5O3/c1-32-19-7-6-16(24)10-17(19)21(30)25-8-9-29-20-18(11-27-29)22(31)28(13-26-20)12-14-2-4-15(23)5-3-14/h2-7,10-11,13H,8-9,12H2,1H3,(H,25,30). The number of nitrogens with one attached hydrogen (secondary N) is 1. The van der Waals surface area contributed by atoms with Gasteiger partial charge in [-0.1, -0.05) is 35.3 Å². The summed E-state index contributed by atoms with van der Waals surface area (Å²) in [7, 11) is 1.49. The Labute approximate surface area is 193 Å². The zero-order valence-electron chi connectivity index (χ0n) is 17.1. The molecule has 8 nitrogen and oxygen atoms in total. The predicted molar refractivity (Wildman–Crippen MR) is 123 cm³/mol. The summed E-state index contributed by atoms with van der Waals surface area (Å²) in [4.78, 5) is 29.7. The Bertz CT molecular complexity index is 1330. The van der Waals surface area contributed by atoms with Crippen LogP contribution >= 0.6 is 23.2 Å². The molecule has 0 fully saturated rings. The van der Waals surface area contributed by atoms with Crippen molar-refractivity contribution < 1.29 is 9.53 Å². The van der Waals surface area contributed by atoms with Gasteiger partial charge in [-0.05, 0) is 35.9 Å². The summed E-state index contributed by atoms with van der Waals surface area (Å²) in [6.07, 6.45) is 2.98. The molecular formula is C22H19Cl2N5O3. The normalized spacial score (nSPS) is 11.0. The SMILES string of the molecule is COc1ccc(Cl)cc1C(=O)NCCn1ncc2c(=O)n(Cc3ccc(Cl)cc3)cnc21. The van der Waals surface area contributed by atoms with Crippen molar-refractivity contribution in [3.05, 3.63) is 86.5 Å². The highest BCUT2D eigenvalue weighted by Crippen LogP contribution is 2.22. The lowest BCUT2D eigenvalue weighted by molar-refractivity contribution is 0.0949. The number of carbonyl (C=O) groups is 1. The highest BCUT2D eigenvalue weighted by Gasteiger charge is 2.14. The van der Waals surface area contributed by atoms with Crippen molar-refractivity contribution in [2.45, 2.75) is 13.1 Å². The van der Waals surface area contributed by atoms with E-state index in [9.17, 15) is 9.59 Å². The number of aromatic nitrogens is 4. The molecule has 2 aromatic carbocycles. The molecule has 32 heavy (non-hydrogen) atoms. The van der Waals surface area contributed by atoms with E-state index in [0.717, 1.165) is 5.56 Å². The number of carbonyl (C=O) groups excluding carboxylic acids is 1. The molecule has 1 amide bonds. The van der Waals surface area contributed by atoms with Gasteiger partial charge < -0.3 is 10.1 Å². The second kappa shape index (κ2) is 9.42. The van der Waals surface area contributed by atoms with E-state index < -0.39 is 0 Å². The van der Waals surface area contributed by atoms with E-state index >= 15 is 0 Å². The second-order valence-corrected chi connectivity index (χ2v) is 7.88. The van der Waals surface area contributed by atoms with Crippen molar-refractivity contribution >= 4 is 40.1 Å². The second-order valence-electron chi connectivity index (χ2n) is 7.01. The van der Waals surface area contributed by atoms with Gasteiger partial charge in [-0.15, -0.1) is 0 Å². The van der Waals surface area contributed by atoms with Crippen LogP contribution in [0.3, 0.4) is 0 Å². The van der Waals surface area contributed by atoms with E-state index in [1.54, 1.807) is 35.0 Å². The van der Waals surface area contributed by atoms with Crippen molar-refractivity contribution in [1.82, 2.24) is 24.6 Å². The first-order valence-corrected chi connectivity index (χ1v) is 10.5. The van der Waals surface area contributed by atoms with Crippen molar-refractivity contribution in [3.8, 4) is 5.75 Å². The first kappa shape index (κ1) is 21.9. The van der Waals surface area contributed by atoms with Gasteiger partial charge in [-0.2, -0.15) is 5.10 Å². The van der Waals surface area contributed by atoms with Gasteiger partial charge in [-0.25, -0.2) is 9.67 Å². The lowest BCUT2D eigenvalue weighted by Crippen LogP contribution is -2.28. The Kier molecular flexibility index (Phi) is 6.43. The minimum absolute atomic E-state index is 0.191. The van der Waals surface area contributed by atoms with Crippen molar-refractivity contribution in [1.29, 1.82) is 0 Å². The van der Waals surface area contributed by atoms with E-state index in [4.69, 9.17) is 27.9 Å². The molecular weight excluding hydrogens is 453 g/mol. The van der Waals surface area contributed by atoms with Crippen molar-refractivity contribution in [2.24, 2.45) is 0 Å². The number of hydrogen-bond donors (Lipinski definition) is 1. The lowest BCUT2D eigenvalue weighted by Gasteiger charge is -2.10. The monoisotopic (exact) mass is 471 g/mol. The third-order valence-electron chi connectivity index (χ3n) is 4.90. The minimum atomic E-state index is -0.320. The molecule has 0 aliphatic carbocycles. The molecule has 0 atom stereocenters. The number of nitrogens with zero attached hydrogens (tertiary/aromatic N) is 4. The number of ether oxygens (including phenoxy) is 1. The van der Waals surface area contributed by atoms with Gasteiger partial charge in [0.1, 0.15) is 17.5 Å². The Morgan fingerprint density at radius 2 is 1.88 bits per heavy atom. The van der Waals surface area contributed by atoms with Gasteiger partial charge in [0.05, 0.1) is 32.0 Å².